The third-order valence-corrected chi connectivity index (χ3v) is 2.11. The van der Waals surface area contributed by atoms with Gasteiger partial charge in [0.2, 0.25) is 0 Å². The minimum Gasteiger partial charge on any atom is -0.265 e. The predicted molar refractivity (Wildman–Crippen MR) is 54.4 cm³/mol. The summed E-state index contributed by atoms with van der Waals surface area (Å²) in [6, 6.07) is 8.70. The standard InChI is InChI=1S/C12H10FN/c1-9-2-3-12(13)11(8-9)10-4-6-14-7-5-10/h2-8H,1H3. The van der Waals surface area contributed by atoms with Gasteiger partial charge in [0.1, 0.15) is 5.82 Å². The van der Waals surface area contributed by atoms with Crippen LogP contribution in [0.4, 0.5) is 4.39 Å². The van der Waals surface area contributed by atoms with E-state index in [-0.39, 0.29) is 5.82 Å². The molecule has 0 saturated carbocycles. The van der Waals surface area contributed by atoms with Gasteiger partial charge in [0.25, 0.3) is 0 Å². The van der Waals surface area contributed by atoms with Crippen LogP contribution in [0.25, 0.3) is 11.1 Å². The van der Waals surface area contributed by atoms with Crippen LogP contribution in [-0.4, -0.2) is 4.98 Å². The molecule has 14 heavy (non-hydrogen) atoms. The lowest BCUT2D eigenvalue weighted by Crippen LogP contribution is -1.85. The Hall–Kier alpha value is -1.70. The van der Waals surface area contributed by atoms with Gasteiger partial charge in [-0.1, -0.05) is 11.6 Å². The predicted octanol–water partition coefficient (Wildman–Crippen LogP) is 3.20. The van der Waals surface area contributed by atoms with Crippen molar-refractivity contribution in [2.75, 3.05) is 0 Å². The smallest absolute Gasteiger partial charge is 0.131 e. The van der Waals surface area contributed by atoms with Crippen LogP contribution < -0.4 is 0 Å². The van der Waals surface area contributed by atoms with Gasteiger partial charge in [-0.3, -0.25) is 4.98 Å². The first-order chi connectivity index (χ1) is 6.77. The summed E-state index contributed by atoms with van der Waals surface area (Å²) < 4.78 is 13.4. The van der Waals surface area contributed by atoms with Crippen LogP contribution in [0.3, 0.4) is 0 Å². The van der Waals surface area contributed by atoms with Crippen LogP contribution >= 0.6 is 0 Å². The molecule has 0 saturated heterocycles. The van der Waals surface area contributed by atoms with Gasteiger partial charge in [0.05, 0.1) is 0 Å². The van der Waals surface area contributed by atoms with Crippen molar-refractivity contribution in [1.29, 1.82) is 0 Å². The van der Waals surface area contributed by atoms with Gasteiger partial charge in [-0.05, 0) is 36.8 Å². The van der Waals surface area contributed by atoms with Crippen molar-refractivity contribution < 1.29 is 4.39 Å². The van der Waals surface area contributed by atoms with E-state index in [2.05, 4.69) is 4.98 Å². The van der Waals surface area contributed by atoms with Crippen LogP contribution in [0.2, 0.25) is 0 Å². The van der Waals surface area contributed by atoms with Gasteiger partial charge in [-0.2, -0.15) is 0 Å². The highest BCUT2D eigenvalue weighted by atomic mass is 19.1. The van der Waals surface area contributed by atoms with Crippen molar-refractivity contribution in [2.24, 2.45) is 0 Å². The van der Waals surface area contributed by atoms with Crippen LogP contribution in [0.5, 0.6) is 0 Å². The molecule has 2 aromatic rings. The van der Waals surface area contributed by atoms with Crippen molar-refractivity contribution in [2.45, 2.75) is 6.92 Å². The number of halogens is 1. The average molecular weight is 187 g/mol. The van der Waals surface area contributed by atoms with Gasteiger partial charge in [0.15, 0.2) is 0 Å². The van der Waals surface area contributed by atoms with Gasteiger partial charge in [0, 0.05) is 18.0 Å². The van der Waals surface area contributed by atoms with E-state index in [1.165, 1.54) is 6.07 Å². The monoisotopic (exact) mass is 187 g/mol. The van der Waals surface area contributed by atoms with Crippen molar-refractivity contribution >= 4 is 0 Å². The molecule has 0 amide bonds. The van der Waals surface area contributed by atoms with E-state index in [0.717, 1.165) is 11.1 Å². The summed E-state index contributed by atoms with van der Waals surface area (Å²) in [5, 5.41) is 0. The van der Waals surface area contributed by atoms with Crippen molar-refractivity contribution in [3.8, 4) is 11.1 Å². The van der Waals surface area contributed by atoms with E-state index in [4.69, 9.17) is 0 Å². The number of nitrogens with zero attached hydrogens (tertiary/aromatic N) is 1. The van der Waals surface area contributed by atoms with Crippen molar-refractivity contribution in [3.63, 3.8) is 0 Å². The molecule has 1 aromatic carbocycles. The third kappa shape index (κ3) is 1.64. The number of hydrogen-bond donors (Lipinski definition) is 0. The summed E-state index contributed by atoms with van der Waals surface area (Å²) in [5.41, 5.74) is 2.55. The van der Waals surface area contributed by atoms with Gasteiger partial charge >= 0.3 is 0 Å². The molecule has 0 fully saturated rings. The van der Waals surface area contributed by atoms with E-state index in [0.29, 0.717) is 5.56 Å². The summed E-state index contributed by atoms with van der Waals surface area (Å²) in [7, 11) is 0. The molecular formula is C12H10FN. The number of aryl methyl sites for hydroxylation is 1. The topological polar surface area (TPSA) is 12.9 Å². The summed E-state index contributed by atoms with van der Waals surface area (Å²) in [6.45, 7) is 1.95. The molecule has 0 unspecified atom stereocenters. The summed E-state index contributed by atoms with van der Waals surface area (Å²) >= 11 is 0. The third-order valence-electron chi connectivity index (χ3n) is 2.11. The van der Waals surface area contributed by atoms with Gasteiger partial charge in [-0.15, -0.1) is 0 Å². The number of rotatable bonds is 1. The average Bonchev–Trinajstić information content (AvgIpc) is 2.23. The largest absolute Gasteiger partial charge is 0.265 e. The zero-order valence-corrected chi connectivity index (χ0v) is 7.87. The maximum Gasteiger partial charge on any atom is 0.131 e. The van der Waals surface area contributed by atoms with Crippen LogP contribution in [0, 0.1) is 12.7 Å². The van der Waals surface area contributed by atoms with Gasteiger partial charge in [-0.25, -0.2) is 4.39 Å². The lowest BCUT2D eigenvalue weighted by Gasteiger charge is -2.03. The van der Waals surface area contributed by atoms with Crippen LogP contribution in [0.15, 0.2) is 42.7 Å². The Kier molecular flexibility index (Phi) is 2.27. The Morgan fingerprint density at radius 2 is 1.79 bits per heavy atom. The first-order valence-electron chi connectivity index (χ1n) is 4.44. The summed E-state index contributed by atoms with van der Waals surface area (Å²) in [6.07, 6.45) is 3.33. The first kappa shape index (κ1) is 8.88. The van der Waals surface area contributed by atoms with Crippen LogP contribution in [-0.2, 0) is 0 Å². The number of pyridine rings is 1. The maximum atomic E-state index is 13.4. The van der Waals surface area contributed by atoms with E-state index in [1.807, 2.05) is 13.0 Å². The Bertz CT molecular complexity index is 437. The van der Waals surface area contributed by atoms with E-state index >= 15 is 0 Å². The lowest BCUT2D eigenvalue weighted by molar-refractivity contribution is 0.631. The molecule has 0 aliphatic carbocycles. The first-order valence-corrected chi connectivity index (χ1v) is 4.44. The van der Waals surface area contributed by atoms with Gasteiger partial charge < -0.3 is 0 Å². The second-order valence-corrected chi connectivity index (χ2v) is 3.22. The van der Waals surface area contributed by atoms with Crippen molar-refractivity contribution in [1.82, 2.24) is 4.98 Å². The Morgan fingerprint density at radius 1 is 1.07 bits per heavy atom. The molecule has 2 rings (SSSR count). The normalized spacial score (nSPS) is 10.1. The fourth-order valence-electron chi connectivity index (χ4n) is 1.39. The molecule has 1 nitrogen and oxygen atoms in total. The molecule has 0 atom stereocenters. The molecule has 0 spiro atoms. The quantitative estimate of drug-likeness (QED) is 0.668. The van der Waals surface area contributed by atoms with Crippen molar-refractivity contribution in [3.05, 3.63) is 54.1 Å². The fraction of sp³-hybridized carbons (Fsp3) is 0.0833. The number of aromatic nitrogens is 1. The SMILES string of the molecule is Cc1ccc(F)c(-c2ccncc2)c1. The molecule has 0 bridgehead atoms. The molecule has 0 aliphatic heterocycles. The highest BCUT2D eigenvalue weighted by molar-refractivity contribution is 5.64. The second-order valence-electron chi connectivity index (χ2n) is 3.22. The number of hydrogen-bond acceptors (Lipinski definition) is 1. The molecular weight excluding hydrogens is 177 g/mol. The summed E-state index contributed by atoms with van der Waals surface area (Å²) in [5.74, 6) is -0.193. The minimum atomic E-state index is -0.193. The molecule has 1 aromatic heterocycles. The van der Waals surface area contributed by atoms with E-state index < -0.39 is 0 Å². The lowest BCUT2D eigenvalue weighted by atomic mass is 10.0. The number of benzene rings is 1. The van der Waals surface area contributed by atoms with E-state index in [9.17, 15) is 4.39 Å². The molecule has 0 radical (unpaired) electrons. The maximum absolute atomic E-state index is 13.4. The highest BCUT2D eigenvalue weighted by Crippen LogP contribution is 2.22. The Balaban J connectivity index is 2.57. The molecule has 0 N–H and O–H groups in total. The molecule has 70 valence electrons. The Labute approximate surface area is 82.2 Å². The minimum absolute atomic E-state index is 0.193. The zero-order valence-electron chi connectivity index (χ0n) is 7.87. The molecule has 0 aliphatic rings. The van der Waals surface area contributed by atoms with Crippen LogP contribution in [0.1, 0.15) is 5.56 Å². The fourth-order valence-corrected chi connectivity index (χ4v) is 1.39. The van der Waals surface area contributed by atoms with E-state index in [1.54, 1.807) is 30.6 Å². The zero-order chi connectivity index (χ0) is 9.97. The Morgan fingerprint density at radius 3 is 2.50 bits per heavy atom. The second kappa shape index (κ2) is 3.58. The molecule has 1 heterocycles. The molecule has 2 heteroatoms. The highest BCUT2D eigenvalue weighted by Gasteiger charge is 2.03. The summed E-state index contributed by atoms with van der Waals surface area (Å²) in [4.78, 5) is 3.90.